The zero-order valence-corrected chi connectivity index (χ0v) is 8.40. The van der Waals surface area contributed by atoms with E-state index in [0.717, 1.165) is 18.5 Å². The molecule has 0 spiro atoms. The zero-order chi connectivity index (χ0) is 9.84. The lowest BCUT2D eigenvalue weighted by Gasteiger charge is -2.11. The molecule has 0 amide bonds. The van der Waals surface area contributed by atoms with E-state index in [1.54, 1.807) is 6.20 Å². The molecule has 0 aliphatic heterocycles. The van der Waals surface area contributed by atoms with Crippen LogP contribution in [0, 0.1) is 5.92 Å². The number of carbonyl (C=O) groups excluding carboxylic acids is 1. The molecule has 0 fully saturated rings. The number of hydrogen-bond acceptors (Lipinski definition) is 2. The summed E-state index contributed by atoms with van der Waals surface area (Å²) in [4.78, 5) is 10.6. The Morgan fingerprint density at radius 2 is 2.23 bits per heavy atom. The van der Waals surface area contributed by atoms with Crippen LogP contribution in [0.2, 0.25) is 0 Å². The molecule has 0 aliphatic rings. The Morgan fingerprint density at radius 1 is 1.54 bits per heavy atom. The first-order valence-corrected chi connectivity index (χ1v) is 4.62. The average Bonchev–Trinajstić information content (AvgIpc) is 2.50. The van der Waals surface area contributed by atoms with Crippen LogP contribution >= 0.6 is 0 Å². The summed E-state index contributed by atoms with van der Waals surface area (Å²) in [6.07, 6.45) is 2.70. The smallest absolute Gasteiger partial charge is 0.128 e. The summed E-state index contributed by atoms with van der Waals surface area (Å²) in [7, 11) is 0. The molecule has 0 aromatic carbocycles. The van der Waals surface area contributed by atoms with Crippen LogP contribution in [0.1, 0.15) is 32.4 Å². The maximum absolute atomic E-state index is 10.6. The Kier molecular flexibility index (Phi) is 3.23. The van der Waals surface area contributed by atoms with Crippen molar-refractivity contribution in [3.63, 3.8) is 0 Å². The van der Waals surface area contributed by atoms with Crippen LogP contribution in [-0.4, -0.2) is 16.1 Å². The molecule has 1 unspecified atom stereocenters. The first kappa shape index (κ1) is 9.96. The van der Waals surface area contributed by atoms with Gasteiger partial charge in [0.15, 0.2) is 0 Å². The molecule has 1 atom stereocenters. The van der Waals surface area contributed by atoms with Gasteiger partial charge in [-0.25, -0.2) is 0 Å². The lowest BCUT2D eigenvalue weighted by molar-refractivity contribution is -0.108. The molecule has 0 aliphatic carbocycles. The summed E-state index contributed by atoms with van der Waals surface area (Å²) >= 11 is 0. The fourth-order valence-electron chi connectivity index (χ4n) is 1.30. The molecular weight excluding hydrogens is 164 g/mol. The van der Waals surface area contributed by atoms with Gasteiger partial charge in [0.25, 0.3) is 0 Å². The number of nitrogens with zero attached hydrogens (tertiary/aromatic N) is 2. The number of carbonyl (C=O) groups is 1. The van der Waals surface area contributed by atoms with Gasteiger partial charge < -0.3 is 4.79 Å². The number of aldehydes is 1. The Hall–Kier alpha value is -1.12. The highest BCUT2D eigenvalue weighted by molar-refractivity contribution is 5.60. The van der Waals surface area contributed by atoms with Crippen molar-refractivity contribution in [2.24, 2.45) is 5.92 Å². The molecular formula is C10H16N2O. The maximum atomic E-state index is 10.6. The number of aromatic nitrogens is 2. The molecule has 0 radical (unpaired) electrons. The summed E-state index contributed by atoms with van der Waals surface area (Å²) in [6, 6.07) is 1.90. The van der Waals surface area contributed by atoms with Crippen LogP contribution in [0.4, 0.5) is 0 Å². The molecule has 1 rings (SSSR count). The largest absolute Gasteiger partial charge is 0.303 e. The van der Waals surface area contributed by atoms with E-state index in [1.165, 1.54) is 0 Å². The molecule has 0 saturated heterocycles. The Morgan fingerprint density at radius 3 is 2.77 bits per heavy atom. The van der Waals surface area contributed by atoms with Crippen molar-refractivity contribution in [2.75, 3.05) is 0 Å². The second kappa shape index (κ2) is 4.21. The SMILES string of the molecule is CC(C)Cn1nccc1C(C)C=O. The van der Waals surface area contributed by atoms with Crippen LogP contribution in [-0.2, 0) is 11.3 Å². The van der Waals surface area contributed by atoms with Crippen molar-refractivity contribution in [2.45, 2.75) is 33.2 Å². The first-order valence-electron chi connectivity index (χ1n) is 4.62. The number of hydrogen-bond donors (Lipinski definition) is 0. The third-order valence-electron chi connectivity index (χ3n) is 1.96. The minimum Gasteiger partial charge on any atom is -0.303 e. The summed E-state index contributed by atoms with van der Waals surface area (Å²) < 4.78 is 1.91. The van der Waals surface area contributed by atoms with Gasteiger partial charge in [0.1, 0.15) is 6.29 Å². The normalized spacial score (nSPS) is 13.2. The summed E-state index contributed by atoms with van der Waals surface area (Å²) in [6.45, 7) is 7.04. The minimum atomic E-state index is -0.0544. The summed E-state index contributed by atoms with van der Waals surface area (Å²) in [5.41, 5.74) is 1.00. The molecule has 1 heterocycles. The average molecular weight is 180 g/mol. The van der Waals surface area contributed by atoms with Crippen molar-refractivity contribution in [3.05, 3.63) is 18.0 Å². The lowest BCUT2D eigenvalue weighted by atomic mass is 10.1. The van der Waals surface area contributed by atoms with E-state index in [2.05, 4.69) is 18.9 Å². The van der Waals surface area contributed by atoms with Crippen molar-refractivity contribution in [1.82, 2.24) is 9.78 Å². The quantitative estimate of drug-likeness (QED) is 0.663. The van der Waals surface area contributed by atoms with Gasteiger partial charge in [0, 0.05) is 18.4 Å². The third-order valence-corrected chi connectivity index (χ3v) is 1.96. The second-order valence-corrected chi connectivity index (χ2v) is 3.76. The van der Waals surface area contributed by atoms with Crippen LogP contribution in [0.5, 0.6) is 0 Å². The van der Waals surface area contributed by atoms with Crippen molar-refractivity contribution < 1.29 is 4.79 Å². The molecule has 3 nitrogen and oxygen atoms in total. The van der Waals surface area contributed by atoms with Gasteiger partial charge in [-0.3, -0.25) is 4.68 Å². The van der Waals surface area contributed by atoms with Gasteiger partial charge in [-0.2, -0.15) is 5.10 Å². The van der Waals surface area contributed by atoms with Gasteiger partial charge in [-0.05, 0) is 12.0 Å². The minimum absolute atomic E-state index is 0.0544. The maximum Gasteiger partial charge on any atom is 0.128 e. The molecule has 13 heavy (non-hydrogen) atoms. The van der Waals surface area contributed by atoms with Gasteiger partial charge in [0.2, 0.25) is 0 Å². The van der Waals surface area contributed by atoms with Gasteiger partial charge in [-0.15, -0.1) is 0 Å². The van der Waals surface area contributed by atoms with E-state index in [0.29, 0.717) is 5.92 Å². The van der Waals surface area contributed by atoms with Gasteiger partial charge in [-0.1, -0.05) is 20.8 Å². The second-order valence-electron chi connectivity index (χ2n) is 3.76. The highest BCUT2D eigenvalue weighted by Gasteiger charge is 2.10. The molecule has 0 bridgehead atoms. The standard InChI is InChI=1S/C10H16N2O/c1-8(2)6-12-10(4-5-11-12)9(3)7-13/h4-5,7-9H,6H2,1-3H3. The van der Waals surface area contributed by atoms with Crippen molar-refractivity contribution >= 4 is 6.29 Å². The van der Waals surface area contributed by atoms with Crippen LogP contribution < -0.4 is 0 Å². The highest BCUT2D eigenvalue weighted by Crippen LogP contribution is 2.13. The molecule has 0 N–H and O–H groups in total. The molecule has 1 aromatic heterocycles. The first-order chi connectivity index (χ1) is 6.15. The van der Waals surface area contributed by atoms with Crippen molar-refractivity contribution in [3.8, 4) is 0 Å². The predicted octanol–water partition coefficient (Wildman–Crippen LogP) is 1.84. The lowest BCUT2D eigenvalue weighted by Crippen LogP contribution is -2.12. The van der Waals surface area contributed by atoms with Crippen LogP contribution in [0.25, 0.3) is 0 Å². The van der Waals surface area contributed by atoms with Crippen LogP contribution in [0.15, 0.2) is 12.3 Å². The van der Waals surface area contributed by atoms with E-state index < -0.39 is 0 Å². The fourth-order valence-corrected chi connectivity index (χ4v) is 1.30. The number of rotatable bonds is 4. The molecule has 72 valence electrons. The van der Waals surface area contributed by atoms with Crippen LogP contribution in [0.3, 0.4) is 0 Å². The molecule has 1 aromatic rings. The zero-order valence-electron chi connectivity index (χ0n) is 8.40. The molecule has 3 heteroatoms. The predicted molar refractivity (Wildman–Crippen MR) is 51.5 cm³/mol. The summed E-state index contributed by atoms with van der Waals surface area (Å²) in [5, 5.41) is 4.18. The Balaban J connectivity index is 2.82. The van der Waals surface area contributed by atoms with E-state index in [9.17, 15) is 4.79 Å². The van der Waals surface area contributed by atoms with E-state index in [-0.39, 0.29) is 5.92 Å². The van der Waals surface area contributed by atoms with Crippen molar-refractivity contribution in [1.29, 1.82) is 0 Å². The topological polar surface area (TPSA) is 34.9 Å². The highest BCUT2D eigenvalue weighted by atomic mass is 16.1. The Labute approximate surface area is 78.8 Å². The monoisotopic (exact) mass is 180 g/mol. The fraction of sp³-hybridized carbons (Fsp3) is 0.600. The Bertz CT molecular complexity index is 278. The van der Waals surface area contributed by atoms with Gasteiger partial charge >= 0.3 is 0 Å². The van der Waals surface area contributed by atoms with E-state index in [1.807, 2.05) is 17.7 Å². The van der Waals surface area contributed by atoms with E-state index in [4.69, 9.17) is 0 Å². The van der Waals surface area contributed by atoms with E-state index >= 15 is 0 Å². The molecule has 0 saturated carbocycles. The summed E-state index contributed by atoms with van der Waals surface area (Å²) in [5.74, 6) is 0.499. The third kappa shape index (κ3) is 2.41. The van der Waals surface area contributed by atoms with Gasteiger partial charge in [0.05, 0.1) is 5.92 Å².